The Morgan fingerprint density at radius 2 is 1.89 bits per heavy atom. The third kappa shape index (κ3) is 6.10. The van der Waals surface area contributed by atoms with Crippen molar-refractivity contribution >= 4 is 11.8 Å². The maximum atomic E-state index is 12.4. The van der Waals surface area contributed by atoms with Crippen LogP contribution in [0.3, 0.4) is 0 Å². The number of rotatable bonds is 9. The molecule has 1 aromatic rings. The lowest BCUT2D eigenvalue weighted by atomic mass is 9.83. The molecule has 0 saturated heterocycles. The smallest absolute Gasteiger partial charge is 0.259 e. The molecule has 3 atom stereocenters. The number of carbonyl (C=O) groups is 2. The number of hydrogen-bond acceptors (Lipinski definition) is 6. The molecule has 0 bridgehead atoms. The van der Waals surface area contributed by atoms with Crippen molar-refractivity contribution in [3.63, 3.8) is 0 Å². The zero-order valence-electron chi connectivity index (χ0n) is 16.2. The summed E-state index contributed by atoms with van der Waals surface area (Å²) in [5.74, 6) is -1.80. The van der Waals surface area contributed by atoms with Crippen LogP contribution in [0.15, 0.2) is 18.2 Å². The molecule has 1 fully saturated rings. The Balaban J connectivity index is 1.86. The second kappa shape index (κ2) is 10.9. The number of amides is 2. The molecule has 0 heterocycles. The van der Waals surface area contributed by atoms with Crippen LogP contribution in [0.2, 0.25) is 0 Å². The highest BCUT2D eigenvalue weighted by atomic mass is 16.5. The summed E-state index contributed by atoms with van der Waals surface area (Å²) in [6.07, 6.45) is 2.11. The Kier molecular flexibility index (Phi) is 8.53. The maximum absolute atomic E-state index is 12.4. The van der Waals surface area contributed by atoms with E-state index in [1.165, 1.54) is 18.2 Å². The first kappa shape index (κ1) is 22.0. The van der Waals surface area contributed by atoms with Crippen molar-refractivity contribution in [2.75, 3.05) is 19.8 Å². The van der Waals surface area contributed by atoms with Crippen LogP contribution in [0.4, 0.5) is 0 Å². The molecule has 8 heteroatoms. The summed E-state index contributed by atoms with van der Waals surface area (Å²) in [7, 11) is 0. The summed E-state index contributed by atoms with van der Waals surface area (Å²) < 4.78 is 5.37. The number of phenols is 2. The molecule has 0 aliphatic heterocycles. The lowest BCUT2D eigenvalue weighted by molar-refractivity contribution is -0.127. The number of carbonyl (C=O) groups excluding carboxylic acids is 2. The predicted octanol–water partition coefficient (Wildman–Crippen LogP) is 1.29. The van der Waals surface area contributed by atoms with Gasteiger partial charge in [0.1, 0.15) is 17.1 Å². The first-order valence-electron chi connectivity index (χ1n) is 9.79. The molecular formula is C20H30N2O6. The van der Waals surface area contributed by atoms with Crippen LogP contribution >= 0.6 is 0 Å². The van der Waals surface area contributed by atoms with Crippen molar-refractivity contribution in [2.24, 2.45) is 5.92 Å². The Morgan fingerprint density at radius 1 is 1.18 bits per heavy atom. The van der Waals surface area contributed by atoms with Gasteiger partial charge < -0.3 is 30.7 Å². The van der Waals surface area contributed by atoms with E-state index >= 15 is 0 Å². The lowest BCUT2D eigenvalue weighted by Crippen LogP contribution is -2.49. The minimum Gasteiger partial charge on any atom is -0.507 e. The van der Waals surface area contributed by atoms with Gasteiger partial charge in [0.25, 0.3) is 5.91 Å². The van der Waals surface area contributed by atoms with E-state index in [4.69, 9.17) is 4.74 Å². The van der Waals surface area contributed by atoms with Gasteiger partial charge in [-0.1, -0.05) is 13.0 Å². The zero-order valence-corrected chi connectivity index (χ0v) is 16.2. The van der Waals surface area contributed by atoms with Gasteiger partial charge >= 0.3 is 0 Å². The standard InChI is InChI=1S/C20H30N2O6/c1-2-10-28-11-4-9-21-19(26)13-7-8-15(23)14(12-13)22-20(27)18-16(24)5-3-6-17(18)25/h3,5-6,13-15,23-25H,2,4,7-12H2,1H3,(H,21,26)(H,22,27)/t13-,14+,15+/m0/s1. The summed E-state index contributed by atoms with van der Waals surface area (Å²) in [6, 6.07) is 3.38. The molecule has 2 rings (SSSR count). The van der Waals surface area contributed by atoms with Gasteiger partial charge in [-0.3, -0.25) is 9.59 Å². The van der Waals surface area contributed by atoms with Crippen LogP contribution in [0, 0.1) is 5.92 Å². The van der Waals surface area contributed by atoms with Crippen LogP contribution in [-0.2, 0) is 9.53 Å². The average Bonchev–Trinajstić information content (AvgIpc) is 2.66. The van der Waals surface area contributed by atoms with Crippen LogP contribution in [-0.4, -0.2) is 59.0 Å². The highest BCUT2D eigenvalue weighted by molar-refractivity contribution is 5.99. The van der Waals surface area contributed by atoms with Gasteiger partial charge in [0.15, 0.2) is 0 Å². The van der Waals surface area contributed by atoms with Gasteiger partial charge in [0.05, 0.1) is 12.1 Å². The topological polar surface area (TPSA) is 128 Å². The largest absolute Gasteiger partial charge is 0.507 e. The summed E-state index contributed by atoms with van der Waals surface area (Å²) in [5, 5.41) is 35.3. The normalized spacial score (nSPS) is 21.9. The summed E-state index contributed by atoms with van der Waals surface area (Å²) in [6.45, 7) is 3.86. The molecule has 0 unspecified atom stereocenters. The van der Waals surface area contributed by atoms with Crippen molar-refractivity contribution in [2.45, 2.75) is 51.2 Å². The van der Waals surface area contributed by atoms with E-state index in [9.17, 15) is 24.9 Å². The first-order valence-corrected chi connectivity index (χ1v) is 9.79. The molecule has 0 radical (unpaired) electrons. The Morgan fingerprint density at radius 3 is 2.57 bits per heavy atom. The predicted molar refractivity (Wildman–Crippen MR) is 103 cm³/mol. The number of benzene rings is 1. The van der Waals surface area contributed by atoms with E-state index in [2.05, 4.69) is 10.6 Å². The molecule has 1 saturated carbocycles. The van der Waals surface area contributed by atoms with Crippen LogP contribution in [0.5, 0.6) is 11.5 Å². The van der Waals surface area contributed by atoms with Crippen molar-refractivity contribution in [3.05, 3.63) is 23.8 Å². The van der Waals surface area contributed by atoms with E-state index in [1.54, 1.807) is 0 Å². The molecule has 5 N–H and O–H groups in total. The average molecular weight is 394 g/mol. The third-order valence-corrected chi connectivity index (χ3v) is 4.86. The van der Waals surface area contributed by atoms with Crippen molar-refractivity contribution in [3.8, 4) is 11.5 Å². The summed E-state index contributed by atoms with van der Waals surface area (Å²) in [4.78, 5) is 24.8. The number of aliphatic hydroxyl groups is 1. The second-order valence-corrected chi connectivity index (χ2v) is 7.09. The quantitative estimate of drug-likeness (QED) is 0.402. The molecule has 0 aromatic heterocycles. The number of phenolic OH excluding ortho intramolecular Hbond substituents is 2. The SMILES string of the molecule is CCCOCCCNC(=O)[C@H]1CC[C@@H](O)[C@H](NC(=O)c2c(O)cccc2O)C1. The molecule has 0 spiro atoms. The van der Waals surface area contributed by atoms with Crippen molar-refractivity contribution in [1.29, 1.82) is 0 Å². The van der Waals surface area contributed by atoms with E-state index in [0.29, 0.717) is 39.0 Å². The summed E-state index contributed by atoms with van der Waals surface area (Å²) >= 11 is 0. The highest BCUT2D eigenvalue weighted by Gasteiger charge is 2.34. The number of aromatic hydroxyl groups is 2. The van der Waals surface area contributed by atoms with Crippen LogP contribution in [0.25, 0.3) is 0 Å². The van der Waals surface area contributed by atoms with Gasteiger partial charge in [0, 0.05) is 25.7 Å². The molecule has 156 valence electrons. The fourth-order valence-electron chi connectivity index (χ4n) is 3.33. The molecule has 2 amide bonds. The van der Waals surface area contributed by atoms with E-state index < -0.39 is 18.1 Å². The molecule has 28 heavy (non-hydrogen) atoms. The Bertz CT molecular complexity index is 646. The van der Waals surface area contributed by atoms with Crippen LogP contribution in [0.1, 0.15) is 49.4 Å². The van der Waals surface area contributed by atoms with Gasteiger partial charge in [-0.2, -0.15) is 0 Å². The molecule has 1 aliphatic carbocycles. The second-order valence-electron chi connectivity index (χ2n) is 7.09. The highest BCUT2D eigenvalue weighted by Crippen LogP contribution is 2.28. The Hall–Kier alpha value is -2.32. The summed E-state index contributed by atoms with van der Waals surface area (Å²) in [5.41, 5.74) is -0.242. The first-order chi connectivity index (χ1) is 13.4. The fourth-order valence-corrected chi connectivity index (χ4v) is 3.33. The lowest BCUT2D eigenvalue weighted by Gasteiger charge is -2.33. The van der Waals surface area contributed by atoms with E-state index in [-0.39, 0.29) is 28.9 Å². The van der Waals surface area contributed by atoms with E-state index in [0.717, 1.165) is 12.8 Å². The van der Waals surface area contributed by atoms with Gasteiger partial charge in [-0.05, 0) is 44.2 Å². The zero-order chi connectivity index (χ0) is 20.5. The molecular weight excluding hydrogens is 364 g/mol. The third-order valence-electron chi connectivity index (χ3n) is 4.86. The van der Waals surface area contributed by atoms with Crippen molar-refractivity contribution in [1.82, 2.24) is 10.6 Å². The van der Waals surface area contributed by atoms with E-state index in [1.807, 2.05) is 6.92 Å². The van der Waals surface area contributed by atoms with Crippen LogP contribution < -0.4 is 10.6 Å². The van der Waals surface area contributed by atoms with Gasteiger partial charge in [-0.25, -0.2) is 0 Å². The minimum atomic E-state index is -0.788. The molecule has 1 aliphatic rings. The minimum absolute atomic E-state index is 0.105. The molecule has 8 nitrogen and oxygen atoms in total. The monoisotopic (exact) mass is 394 g/mol. The number of nitrogens with one attached hydrogen (secondary N) is 2. The van der Waals surface area contributed by atoms with Gasteiger partial charge in [-0.15, -0.1) is 0 Å². The van der Waals surface area contributed by atoms with Crippen molar-refractivity contribution < 1.29 is 29.6 Å². The maximum Gasteiger partial charge on any atom is 0.259 e. The number of hydrogen-bond donors (Lipinski definition) is 5. The Labute approximate surface area is 164 Å². The number of aliphatic hydroxyl groups excluding tert-OH is 1. The fraction of sp³-hybridized carbons (Fsp3) is 0.600. The molecule has 1 aromatic carbocycles. The van der Waals surface area contributed by atoms with Gasteiger partial charge in [0.2, 0.25) is 5.91 Å². The number of ether oxygens (including phenoxy) is 1.